The largest absolute Gasteiger partial charge is 0.497 e. The van der Waals surface area contributed by atoms with Gasteiger partial charge in [-0.2, -0.15) is 0 Å². The predicted molar refractivity (Wildman–Crippen MR) is 142 cm³/mol. The van der Waals surface area contributed by atoms with Crippen LogP contribution in [0.3, 0.4) is 0 Å². The molecular weight excluding hydrogens is 452 g/mol. The Morgan fingerprint density at radius 3 is 2.56 bits per heavy atom. The second kappa shape index (κ2) is 12.2. The molecule has 1 saturated heterocycles. The van der Waals surface area contributed by atoms with Crippen LogP contribution in [0.1, 0.15) is 52.5 Å². The summed E-state index contributed by atoms with van der Waals surface area (Å²) in [5.41, 5.74) is 4.34. The molecule has 0 aliphatic carbocycles. The van der Waals surface area contributed by atoms with Gasteiger partial charge in [-0.3, -0.25) is 9.78 Å². The number of aromatic nitrogens is 1. The minimum absolute atomic E-state index is 0.0799. The van der Waals surface area contributed by atoms with E-state index in [2.05, 4.69) is 22.8 Å². The van der Waals surface area contributed by atoms with Crippen LogP contribution in [0.4, 0.5) is 10.5 Å². The molecule has 188 valence electrons. The number of amides is 3. The van der Waals surface area contributed by atoms with E-state index in [0.29, 0.717) is 36.6 Å². The van der Waals surface area contributed by atoms with Gasteiger partial charge in [0.1, 0.15) is 5.75 Å². The van der Waals surface area contributed by atoms with E-state index in [4.69, 9.17) is 9.72 Å². The van der Waals surface area contributed by atoms with Crippen LogP contribution >= 0.6 is 0 Å². The Hall–Kier alpha value is -3.87. The molecule has 1 aliphatic rings. The maximum atomic E-state index is 13.0. The van der Waals surface area contributed by atoms with E-state index in [9.17, 15) is 9.59 Å². The zero-order valence-corrected chi connectivity index (χ0v) is 21.0. The van der Waals surface area contributed by atoms with Crippen LogP contribution < -0.4 is 15.4 Å². The fourth-order valence-electron chi connectivity index (χ4n) is 4.57. The number of ether oxygens (including phenoxy) is 1. The summed E-state index contributed by atoms with van der Waals surface area (Å²) in [7, 11) is 1.60. The third kappa shape index (κ3) is 6.62. The van der Waals surface area contributed by atoms with Crippen molar-refractivity contribution in [3.63, 3.8) is 0 Å². The van der Waals surface area contributed by atoms with Gasteiger partial charge in [-0.15, -0.1) is 0 Å². The Morgan fingerprint density at radius 2 is 1.81 bits per heavy atom. The van der Waals surface area contributed by atoms with Gasteiger partial charge in [0.15, 0.2) is 0 Å². The van der Waals surface area contributed by atoms with Gasteiger partial charge in [-0.1, -0.05) is 36.4 Å². The van der Waals surface area contributed by atoms with Crippen molar-refractivity contribution in [3.8, 4) is 5.75 Å². The Labute approximate surface area is 212 Å². The van der Waals surface area contributed by atoms with Crippen molar-refractivity contribution in [1.82, 2.24) is 15.2 Å². The molecule has 1 aliphatic heterocycles. The highest BCUT2D eigenvalue weighted by Crippen LogP contribution is 2.30. The Balaban J connectivity index is 1.32. The summed E-state index contributed by atoms with van der Waals surface area (Å²) in [4.78, 5) is 32.4. The first-order valence-corrected chi connectivity index (χ1v) is 12.5. The van der Waals surface area contributed by atoms with E-state index in [1.807, 2.05) is 60.4 Å². The predicted octanol–water partition coefficient (Wildman–Crippen LogP) is 5.17. The molecule has 1 fully saturated rings. The lowest BCUT2D eigenvalue weighted by Crippen LogP contribution is -2.41. The van der Waals surface area contributed by atoms with Gasteiger partial charge in [-0.05, 0) is 62.4 Å². The SMILES string of the molecule is COc1cccc(NC(=O)N2CCC(c3nc(C)ccc3C(=O)NCCCc3ccccc3)CC2)c1. The molecule has 3 amide bonds. The number of pyridine rings is 1. The summed E-state index contributed by atoms with van der Waals surface area (Å²) in [5.74, 6) is 0.752. The van der Waals surface area contributed by atoms with Crippen LogP contribution in [-0.2, 0) is 6.42 Å². The van der Waals surface area contributed by atoms with Crippen molar-refractivity contribution in [1.29, 1.82) is 0 Å². The van der Waals surface area contributed by atoms with Gasteiger partial charge < -0.3 is 20.3 Å². The van der Waals surface area contributed by atoms with Crippen molar-refractivity contribution in [2.24, 2.45) is 0 Å². The maximum Gasteiger partial charge on any atom is 0.321 e. The quantitative estimate of drug-likeness (QED) is 0.430. The zero-order valence-electron chi connectivity index (χ0n) is 21.0. The minimum Gasteiger partial charge on any atom is -0.497 e. The highest BCUT2D eigenvalue weighted by atomic mass is 16.5. The summed E-state index contributed by atoms with van der Waals surface area (Å²) in [6, 6.07) is 21.2. The first kappa shape index (κ1) is 25.2. The number of piperidine rings is 1. The molecule has 0 spiro atoms. The highest BCUT2D eigenvalue weighted by Gasteiger charge is 2.28. The summed E-state index contributed by atoms with van der Waals surface area (Å²) in [6.07, 6.45) is 3.33. The first-order valence-electron chi connectivity index (χ1n) is 12.5. The second-order valence-corrected chi connectivity index (χ2v) is 9.15. The Morgan fingerprint density at radius 1 is 1.03 bits per heavy atom. The van der Waals surface area contributed by atoms with Gasteiger partial charge in [0.05, 0.1) is 18.4 Å². The van der Waals surface area contributed by atoms with E-state index in [1.165, 1.54) is 5.56 Å². The van der Waals surface area contributed by atoms with Gasteiger partial charge in [-0.25, -0.2) is 4.79 Å². The average molecular weight is 487 g/mol. The van der Waals surface area contributed by atoms with Crippen LogP contribution in [0.5, 0.6) is 5.75 Å². The van der Waals surface area contributed by atoms with E-state index < -0.39 is 0 Å². The molecule has 7 heteroatoms. The number of hydrogen-bond donors (Lipinski definition) is 2. The van der Waals surface area contributed by atoms with E-state index in [-0.39, 0.29) is 17.9 Å². The van der Waals surface area contributed by atoms with Gasteiger partial charge in [0.2, 0.25) is 0 Å². The second-order valence-electron chi connectivity index (χ2n) is 9.15. The van der Waals surface area contributed by atoms with Crippen molar-refractivity contribution < 1.29 is 14.3 Å². The number of rotatable bonds is 8. The fourth-order valence-corrected chi connectivity index (χ4v) is 4.57. The van der Waals surface area contributed by atoms with E-state index in [0.717, 1.165) is 37.1 Å². The standard InChI is InChI=1S/C29H34N4O3/c1-21-13-14-26(28(34)30-17-7-10-22-8-4-3-5-9-22)27(31-21)23-15-18-33(19-16-23)29(35)32-24-11-6-12-25(20-24)36-2/h3-6,8-9,11-14,20,23H,7,10,15-19H2,1-2H3,(H,30,34)(H,32,35). The van der Waals surface area contributed by atoms with Crippen LogP contribution in [0.2, 0.25) is 0 Å². The zero-order chi connectivity index (χ0) is 25.3. The van der Waals surface area contributed by atoms with Crippen LogP contribution in [0.15, 0.2) is 66.7 Å². The minimum atomic E-state index is -0.129. The van der Waals surface area contributed by atoms with E-state index >= 15 is 0 Å². The van der Waals surface area contributed by atoms with Crippen molar-refractivity contribution in [3.05, 3.63) is 89.2 Å². The molecule has 0 atom stereocenters. The molecule has 2 heterocycles. The van der Waals surface area contributed by atoms with Gasteiger partial charge in [0.25, 0.3) is 5.91 Å². The first-order chi connectivity index (χ1) is 17.5. The molecule has 2 aromatic carbocycles. The monoisotopic (exact) mass is 486 g/mol. The molecule has 3 aromatic rings. The number of nitrogens with one attached hydrogen (secondary N) is 2. The molecule has 1 aromatic heterocycles. The number of carbonyl (C=O) groups is 2. The number of benzene rings is 2. The Bertz CT molecular complexity index is 1170. The van der Waals surface area contributed by atoms with Gasteiger partial charge >= 0.3 is 6.03 Å². The average Bonchev–Trinajstić information content (AvgIpc) is 2.91. The summed E-state index contributed by atoms with van der Waals surface area (Å²) >= 11 is 0. The van der Waals surface area contributed by atoms with Gasteiger partial charge in [0, 0.05) is 43.0 Å². The summed E-state index contributed by atoms with van der Waals surface area (Å²) in [6.45, 7) is 3.77. The van der Waals surface area contributed by atoms with E-state index in [1.54, 1.807) is 13.2 Å². The molecule has 0 saturated carbocycles. The lowest BCUT2D eigenvalue weighted by molar-refractivity contribution is 0.0950. The number of methoxy groups -OCH3 is 1. The molecule has 36 heavy (non-hydrogen) atoms. The lowest BCUT2D eigenvalue weighted by atomic mass is 9.90. The summed E-state index contributed by atoms with van der Waals surface area (Å²) in [5, 5.41) is 6.02. The topological polar surface area (TPSA) is 83.6 Å². The van der Waals surface area contributed by atoms with Crippen molar-refractivity contribution in [2.45, 2.75) is 38.5 Å². The number of hydrogen-bond acceptors (Lipinski definition) is 4. The number of aryl methyl sites for hydroxylation is 2. The normalized spacial score (nSPS) is 13.8. The summed E-state index contributed by atoms with van der Waals surface area (Å²) < 4.78 is 5.23. The highest BCUT2D eigenvalue weighted by molar-refractivity contribution is 5.95. The fraction of sp³-hybridized carbons (Fsp3) is 0.345. The smallest absolute Gasteiger partial charge is 0.321 e. The Kier molecular flexibility index (Phi) is 8.55. The molecule has 0 radical (unpaired) electrons. The number of likely N-dealkylation sites (tertiary alicyclic amines) is 1. The lowest BCUT2D eigenvalue weighted by Gasteiger charge is -2.32. The molecule has 4 rings (SSSR count). The van der Waals surface area contributed by atoms with Crippen LogP contribution in [-0.4, -0.2) is 48.6 Å². The number of nitrogens with zero attached hydrogens (tertiary/aromatic N) is 2. The van der Waals surface area contributed by atoms with Crippen molar-refractivity contribution >= 4 is 17.6 Å². The van der Waals surface area contributed by atoms with Crippen LogP contribution in [0.25, 0.3) is 0 Å². The molecule has 0 unspecified atom stereocenters. The van der Waals surface area contributed by atoms with Crippen molar-refractivity contribution in [2.75, 3.05) is 32.1 Å². The maximum absolute atomic E-state index is 13.0. The molecule has 7 nitrogen and oxygen atoms in total. The molecule has 2 N–H and O–H groups in total. The third-order valence-electron chi connectivity index (χ3n) is 6.57. The molecule has 0 bridgehead atoms. The number of carbonyl (C=O) groups excluding carboxylic acids is 2. The molecular formula is C29H34N4O3. The number of urea groups is 1. The number of anilines is 1. The van der Waals surface area contributed by atoms with Crippen LogP contribution in [0, 0.1) is 6.92 Å². The third-order valence-corrected chi connectivity index (χ3v) is 6.57.